The molecule has 1 N–H and O–H groups in total. The highest BCUT2D eigenvalue weighted by molar-refractivity contribution is 5.45. The van der Waals surface area contributed by atoms with E-state index in [1.54, 1.807) is 17.8 Å². The van der Waals surface area contributed by atoms with Crippen molar-refractivity contribution in [3.8, 4) is 17.4 Å². The van der Waals surface area contributed by atoms with E-state index >= 15 is 0 Å². The molecule has 2 heterocycles. The van der Waals surface area contributed by atoms with Gasteiger partial charge in [0, 0.05) is 6.07 Å². The zero-order valence-corrected chi connectivity index (χ0v) is 10.0. The summed E-state index contributed by atoms with van der Waals surface area (Å²) >= 11 is 0. The van der Waals surface area contributed by atoms with Crippen molar-refractivity contribution in [1.29, 1.82) is 0 Å². The number of fused-ring (bicyclic) bond motifs is 1. The van der Waals surface area contributed by atoms with Gasteiger partial charge < -0.3 is 9.47 Å². The molecule has 0 spiro atoms. The Morgan fingerprint density at radius 3 is 2.72 bits per heavy atom. The minimum Gasteiger partial charge on any atom is -0.493 e. The number of nitrogens with zero attached hydrogens (tertiary/aromatic N) is 3. The first-order chi connectivity index (χ1) is 8.76. The number of nitrogens with one attached hydrogen (secondary N) is 1. The molecule has 0 amide bonds. The fourth-order valence-electron chi connectivity index (χ4n) is 1.73. The molecule has 1 aromatic carbocycles. The van der Waals surface area contributed by atoms with Crippen LogP contribution in [0.4, 0.5) is 0 Å². The minimum atomic E-state index is 0.471. The van der Waals surface area contributed by atoms with Gasteiger partial charge in [-0.15, -0.1) is 5.10 Å². The fourth-order valence-corrected chi connectivity index (χ4v) is 1.73. The Labute approximate surface area is 103 Å². The monoisotopic (exact) mass is 244 g/mol. The molecule has 0 saturated carbocycles. The summed E-state index contributed by atoms with van der Waals surface area (Å²) in [5.41, 5.74) is 0.720. The van der Waals surface area contributed by atoms with Crippen LogP contribution in [0.15, 0.2) is 30.3 Å². The van der Waals surface area contributed by atoms with Crippen LogP contribution >= 0.6 is 0 Å². The van der Waals surface area contributed by atoms with Crippen LogP contribution < -0.4 is 9.47 Å². The third-order valence-electron chi connectivity index (χ3n) is 2.50. The van der Waals surface area contributed by atoms with E-state index in [4.69, 9.17) is 9.47 Å². The largest absolute Gasteiger partial charge is 0.493 e. The molecule has 0 bridgehead atoms. The van der Waals surface area contributed by atoms with Gasteiger partial charge in [-0.1, -0.05) is 12.1 Å². The SMILES string of the molecule is COc1ccccc1Oc1cc2nc(C)[nH]n2n1. The van der Waals surface area contributed by atoms with Crippen molar-refractivity contribution in [3.63, 3.8) is 0 Å². The zero-order valence-electron chi connectivity index (χ0n) is 10.0. The van der Waals surface area contributed by atoms with Crippen LogP contribution in [0.3, 0.4) is 0 Å². The number of hydrogen-bond acceptors (Lipinski definition) is 4. The fraction of sp³-hybridized carbons (Fsp3) is 0.167. The molecule has 92 valence electrons. The molecular formula is C12H12N4O2. The third-order valence-corrected chi connectivity index (χ3v) is 2.50. The number of methoxy groups -OCH3 is 1. The topological polar surface area (TPSA) is 64.4 Å². The van der Waals surface area contributed by atoms with Crippen molar-refractivity contribution in [2.45, 2.75) is 6.92 Å². The molecule has 0 aliphatic rings. The molecule has 6 nitrogen and oxygen atoms in total. The molecule has 0 aliphatic carbocycles. The van der Waals surface area contributed by atoms with Crippen molar-refractivity contribution in [2.75, 3.05) is 7.11 Å². The van der Waals surface area contributed by atoms with E-state index < -0.39 is 0 Å². The van der Waals surface area contributed by atoms with E-state index in [2.05, 4.69) is 15.2 Å². The number of para-hydroxylation sites is 2. The summed E-state index contributed by atoms with van der Waals surface area (Å²) in [5.74, 6) is 2.57. The lowest BCUT2D eigenvalue weighted by Gasteiger charge is -2.06. The van der Waals surface area contributed by atoms with Gasteiger partial charge in [0.25, 0.3) is 0 Å². The van der Waals surface area contributed by atoms with E-state index in [0.717, 1.165) is 11.5 Å². The van der Waals surface area contributed by atoms with E-state index in [0.29, 0.717) is 17.4 Å². The maximum absolute atomic E-state index is 5.67. The van der Waals surface area contributed by atoms with E-state index in [9.17, 15) is 0 Å². The lowest BCUT2D eigenvalue weighted by Crippen LogP contribution is -1.92. The van der Waals surface area contributed by atoms with E-state index in [-0.39, 0.29) is 0 Å². The highest BCUT2D eigenvalue weighted by Crippen LogP contribution is 2.30. The minimum absolute atomic E-state index is 0.471. The molecule has 18 heavy (non-hydrogen) atoms. The normalized spacial score (nSPS) is 10.8. The third kappa shape index (κ3) is 1.77. The maximum atomic E-state index is 5.67. The van der Waals surface area contributed by atoms with Gasteiger partial charge in [-0.25, -0.2) is 4.98 Å². The summed E-state index contributed by atoms with van der Waals surface area (Å²) in [6.45, 7) is 1.87. The van der Waals surface area contributed by atoms with Gasteiger partial charge in [0.15, 0.2) is 17.1 Å². The Balaban J connectivity index is 1.93. The lowest BCUT2D eigenvalue weighted by molar-refractivity contribution is 0.373. The van der Waals surface area contributed by atoms with Crippen LogP contribution in [-0.4, -0.2) is 26.9 Å². The van der Waals surface area contributed by atoms with Gasteiger partial charge in [0.05, 0.1) is 7.11 Å². The lowest BCUT2D eigenvalue weighted by atomic mass is 10.3. The number of ether oxygens (including phenoxy) is 2. The highest BCUT2D eigenvalue weighted by atomic mass is 16.5. The summed E-state index contributed by atoms with van der Waals surface area (Å²) < 4.78 is 12.4. The predicted octanol–water partition coefficient (Wildman–Crippen LogP) is 2.17. The van der Waals surface area contributed by atoms with Crippen LogP contribution in [0.5, 0.6) is 17.4 Å². The van der Waals surface area contributed by atoms with Crippen molar-refractivity contribution in [3.05, 3.63) is 36.2 Å². The quantitative estimate of drug-likeness (QED) is 0.766. The molecule has 3 aromatic rings. The van der Waals surface area contributed by atoms with Crippen LogP contribution in [0, 0.1) is 6.92 Å². The van der Waals surface area contributed by atoms with Gasteiger partial charge in [0.2, 0.25) is 5.88 Å². The Hall–Kier alpha value is -2.50. The number of H-pyrrole nitrogens is 1. The molecule has 0 atom stereocenters. The standard InChI is InChI=1S/C12H12N4O2/c1-8-13-11-7-12(15-16(11)14-8)18-10-6-4-3-5-9(10)17-2/h3-7H,1-2H3,(H,13,14). The van der Waals surface area contributed by atoms with Gasteiger partial charge in [-0.3, -0.25) is 5.10 Å². The number of rotatable bonds is 3. The van der Waals surface area contributed by atoms with Gasteiger partial charge in [-0.05, 0) is 19.1 Å². The summed E-state index contributed by atoms with van der Waals surface area (Å²) in [6.07, 6.45) is 0. The molecular weight excluding hydrogens is 232 g/mol. The first-order valence-electron chi connectivity index (χ1n) is 5.49. The molecule has 0 radical (unpaired) electrons. The second-order valence-corrected chi connectivity index (χ2v) is 3.81. The number of hydrogen-bond donors (Lipinski definition) is 1. The summed E-state index contributed by atoms with van der Waals surface area (Å²) in [4.78, 5) is 4.25. The number of aryl methyl sites for hydroxylation is 1. The summed E-state index contributed by atoms with van der Waals surface area (Å²) in [7, 11) is 1.60. The van der Waals surface area contributed by atoms with Gasteiger partial charge in [-0.2, -0.15) is 4.63 Å². The van der Waals surface area contributed by atoms with Crippen LogP contribution in [0.2, 0.25) is 0 Å². The maximum Gasteiger partial charge on any atom is 0.242 e. The first kappa shape index (κ1) is 10.6. The second kappa shape index (κ2) is 4.06. The first-order valence-corrected chi connectivity index (χ1v) is 5.49. The Kier molecular flexibility index (Phi) is 2.40. The van der Waals surface area contributed by atoms with Gasteiger partial charge >= 0.3 is 0 Å². The van der Waals surface area contributed by atoms with Crippen LogP contribution in [0.1, 0.15) is 5.82 Å². The molecule has 3 rings (SSSR count). The summed E-state index contributed by atoms with van der Waals surface area (Å²) in [5, 5.41) is 7.20. The predicted molar refractivity (Wildman–Crippen MR) is 65.1 cm³/mol. The molecule has 0 saturated heterocycles. The molecule has 6 heteroatoms. The van der Waals surface area contributed by atoms with Crippen LogP contribution in [0.25, 0.3) is 5.65 Å². The molecule has 0 fully saturated rings. The Morgan fingerprint density at radius 2 is 2.00 bits per heavy atom. The van der Waals surface area contributed by atoms with Crippen molar-refractivity contribution < 1.29 is 9.47 Å². The Bertz CT molecular complexity index is 655. The second-order valence-electron chi connectivity index (χ2n) is 3.81. The molecule has 2 aromatic heterocycles. The average molecular weight is 244 g/mol. The molecule has 0 unspecified atom stereocenters. The zero-order chi connectivity index (χ0) is 12.5. The van der Waals surface area contributed by atoms with E-state index in [1.807, 2.05) is 31.2 Å². The average Bonchev–Trinajstić information content (AvgIpc) is 2.86. The van der Waals surface area contributed by atoms with Gasteiger partial charge in [0.1, 0.15) is 5.82 Å². The molecule has 0 aliphatic heterocycles. The smallest absolute Gasteiger partial charge is 0.242 e. The summed E-state index contributed by atoms with van der Waals surface area (Å²) in [6, 6.07) is 9.18. The van der Waals surface area contributed by atoms with Crippen molar-refractivity contribution in [1.82, 2.24) is 19.8 Å². The Morgan fingerprint density at radius 1 is 1.22 bits per heavy atom. The van der Waals surface area contributed by atoms with Crippen molar-refractivity contribution >= 4 is 5.65 Å². The van der Waals surface area contributed by atoms with E-state index in [1.165, 1.54) is 0 Å². The number of aromatic nitrogens is 4. The number of aromatic amines is 1. The van der Waals surface area contributed by atoms with Crippen molar-refractivity contribution in [2.24, 2.45) is 0 Å². The van der Waals surface area contributed by atoms with Crippen LogP contribution in [-0.2, 0) is 0 Å². The highest BCUT2D eigenvalue weighted by Gasteiger charge is 2.09. The number of benzene rings is 1.